The Hall–Kier alpha value is -2.58. The molecule has 29 heavy (non-hydrogen) atoms. The summed E-state index contributed by atoms with van der Waals surface area (Å²) in [7, 11) is -0.468. The lowest BCUT2D eigenvalue weighted by Crippen LogP contribution is -2.30. The molecule has 2 aromatic rings. The zero-order valence-corrected chi connectivity index (χ0v) is 18.2. The van der Waals surface area contributed by atoms with Crippen LogP contribution >= 0.6 is 0 Å². The van der Waals surface area contributed by atoms with Crippen LogP contribution in [0.2, 0.25) is 0 Å². The zero-order chi connectivity index (χ0) is 21.6. The van der Waals surface area contributed by atoms with E-state index in [4.69, 9.17) is 14.2 Å². The summed E-state index contributed by atoms with van der Waals surface area (Å²) >= 11 is 0. The lowest BCUT2D eigenvalue weighted by Gasteiger charge is -2.18. The van der Waals surface area contributed by atoms with Crippen LogP contribution in [0, 0.1) is 6.92 Å². The van der Waals surface area contributed by atoms with Gasteiger partial charge in [0.25, 0.3) is 0 Å². The molecule has 0 aliphatic heterocycles. The third kappa shape index (κ3) is 5.07. The van der Waals surface area contributed by atoms with E-state index in [2.05, 4.69) is 0 Å². The van der Waals surface area contributed by atoms with E-state index < -0.39 is 16.0 Å². The fourth-order valence-electron chi connectivity index (χ4n) is 2.88. The maximum atomic E-state index is 12.5. The number of carbonyl (C=O) groups excluding carboxylic acids is 1. The Balaban J connectivity index is 2.13. The number of methoxy groups -OCH3 is 2. The van der Waals surface area contributed by atoms with Crippen LogP contribution in [0.25, 0.3) is 0 Å². The summed E-state index contributed by atoms with van der Waals surface area (Å²) in [4.78, 5) is 12.5. The molecule has 0 fully saturated rings. The van der Waals surface area contributed by atoms with Crippen molar-refractivity contribution in [2.75, 3.05) is 27.3 Å². The van der Waals surface area contributed by atoms with E-state index in [1.807, 2.05) is 13.0 Å². The fourth-order valence-corrected chi connectivity index (χ4v) is 4.34. The molecule has 0 bridgehead atoms. The van der Waals surface area contributed by atoms with Gasteiger partial charge in [0.1, 0.15) is 6.61 Å². The van der Waals surface area contributed by atoms with Gasteiger partial charge in [0.15, 0.2) is 11.5 Å². The molecule has 0 heterocycles. The first-order valence-corrected chi connectivity index (χ1v) is 10.7. The number of hydrogen-bond donors (Lipinski definition) is 0. The van der Waals surface area contributed by atoms with Crippen molar-refractivity contribution in [3.05, 3.63) is 53.1 Å². The summed E-state index contributed by atoms with van der Waals surface area (Å²) in [5.41, 5.74) is 1.97. The molecule has 0 N–H and O–H groups in total. The van der Waals surface area contributed by atoms with E-state index in [-0.39, 0.29) is 17.1 Å². The Bertz CT molecular complexity index is 950. The number of sulfonamides is 1. The van der Waals surface area contributed by atoms with Gasteiger partial charge < -0.3 is 14.2 Å². The van der Waals surface area contributed by atoms with Gasteiger partial charge in [-0.05, 0) is 54.4 Å². The molecule has 7 nitrogen and oxygen atoms in total. The minimum Gasteiger partial charge on any atom is -0.493 e. The average Bonchev–Trinajstić information content (AvgIpc) is 2.73. The standard InChI is InChI=1S/C21H27NO6S/c1-6-22(7-2)29(24,25)18-10-8-16(9-11-18)21(23)28-14-17-13-20(27-5)19(26-4)12-15(17)3/h8-13H,6-7,14H2,1-5H3. The second-order valence-corrected chi connectivity index (χ2v) is 8.26. The molecule has 0 spiro atoms. The molecule has 0 radical (unpaired) electrons. The Morgan fingerprint density at radius 3 is 2.03 bits per heavy atom. The smallest absolute Gasteiger partial charge is 0.338 e. The van der Waals surface area contributed by atoms with E-state index >= 15 is 0 Å². The maximum Gasteiger partial charge on any atom is 0.338 e. The molecule has 0 saturated heterocycles. The number of esters is 1. The van der Waals surface area contributed by atoms with Crippen molar-refractivity contribution in [2.24, 2.45) is 0 Å². The van der Waals surface area contributed by atoms with Crippen LogP contribution in [-0.2, 0) is 21.4 Å². The highest BCUT2D eigenvalue weighted by Gasteiger charge is 2.22. The molecule has 0 saturated carbocycles. The quantitative estimate of drug-likeness (QED) is 0.577. The number of rotatable bonds is 9. The van der Waals surface area contributed by atoms with Gasteiger partial charge in [-0.2, -0.15) is 4.31 Å². The van der Waals surface area contributed by atoms with Crippen LogP contribution in [0.1, 0.15) is 35.3 Å². The molecule has 0 aliphatic carbocycles. The Morgan fingerprint density at radius 1 is 0.966 bits per heavy atom. The number of nitrogens with zero attached hydrogens (tertiary/aromatic N) is 1. The molecular formula is C21H27NO6S. The summed E-state index contributed by atoms with van der Waals surface area (Å²) in [6, 6.07) is 9.34. The van der Waals surface area contributed by atoms with E-state index in [0.29, 0.717) is 24.6 Å². The number of benzene rings is 2. The molecule has 0 aromatic heterocycles. The van der Waals surface area contributed by atoms with Crippen molar-refractivity contribution in [3.8, 4) is 11.5 Å². The first-order valence-electron chi connectivity index (χ1n) is 9.27. The summed E-state index contributed by atoms with van der Waals surface area (Å²) < 4.78 is 42.3. The summed E-state index contributed by atoms with van der Waals surface area (Å²) in [5, 5.41) is 0. The van der Waals surface area contributed by atoms with Crippen LogP contribution in [-0.4, -0.2) is 46.0 Å². The van der Waals surface area contributed by atoms with Gasteiger partial charge in [-0.1, -0.05) is 13.8 Å². The lowest BCUT2D eigenvalue weighted by molar-refractivity contribution is 0.0471. The zero-order valence-electron chi connectivity index (χ0n) is 17.4. The monoisotopic (exact) mass is 421 g/mol. The first-order chi connectivity index (χ1) is 13.8. The van der Waals surface area contributed by atoms with Crippen LogP contribution in [0.3, 0.4) is 0 Å². The first kappa shape index (κ1) is 22.7. The predicted octanol–water partition coefficient (Wildman–Crippen LogP) is 3.40. The highest BCUT2D eigenvalue weighted by atomic mass is 32.2. The molecule has 0 unspecified atom stereocenters. The van der Waals surface area contributed by atoms with Gasteiger partial charge in [-0.3, -0.25) is 0 Å². The normalized spacial score (nSPS) is 11.4. The lowest BCUT2D eigenvalue weighted by atomic mass is 10.1. The van der Waals surface area contributed by atoms with Crippen LogP contribution < -0.4 is 9.47 Å². The highest BCUT2D eigenvalue weighted by Crippen LogP contribution is 2.30. The van der Waals surface area contributed by atoms with Gasteiger partial charge in [0.05, 0.1) is 24.7 Å². The van der Waals surface area contributed by atoms with Crippen molar-refractivity contribution in [1.82, 2.24) is 4.31 Å². The molecule has 0 aliphatic rings. The van der Waals surface area contributed by atoms with E-state index in [1.165, 1.54) is 35.7 Å². The topological polar surface area (TPSA) is 82.1 Å². The maximum absolute atomic E-state index is 12.5. The Morgan fingerprint density at radius 2 is 1.52 bits per heavy atom. The van der Waals surface area contributed by atoms with Crippen molar-refractivity contribution in [1.29, 1.82) is 0 Å². The van der Waals surface area contributed by atoms with Gasteiger partial charge >= 0.3 is 5.97 Å². The third-order valence-corrected chi connectivity index (χ3v) is 6.70. The molecule has 0 amide bonds. The Kier molecular flexibility index (Phi) is 7.64. The molecule has 0 atom stereocenters. The number of aryl methyl sites for hydroxylation is 1. The van der Waals surface area contributed by atoms with Gasteiger partial charge in [0, 0.05) is 13.1 Å². The molecule has 158 valence electrons. The second kappa shape index (κ2) is 9.76. The summed E-state index contributed by atoms with van der Waals surface area (Å²) in [6.07, 6.45) is 0. The summed E-state index contributed by atoms with van der Waals surface area (Å²) in [6.45, 7) is 6.27. The van der Waals surface area contributed by atoms with E-state index in [1.54, 1.807) is 27.0 Å². The number of carbonyl (C=O) groups is 1. The van der Waals surface area contributed by atoms with Crippen LogP contribution in [0.4, 0.5) is 0 Å². The fraction of sp³-hybridized carbons (Fsp3) is 0.381. The largest absolute Gasteiger partial charge is 0.493 e. The van der Waals surface area contributed by atoms with Crippen molar-refractivity contribution in [2.45, 2.75) is 32.3 Å². The molecule has 8 heteroatoms. The minimum absolute atomic E-state index is 0.0600. The van der Waals surface area contributed by atoms with Crippen LogP contribution in [0.15, 0.2) is 41.3 Å². The van der Waals surface area contributed by atoms with Crippen molar-refractivity contribution >= 4 is 16.0 Å². The minimum atomic E-state index is -3.56. The summed E-state index contributed by atoms with van der Waals surface area (Å²) in [5.74, 6) is 0.617. The highest BCUT2D eigenvalue weighted by molar-refractivity contribution is 7.89. The molecule has 2 rings (SSSR count). The molecule has 2 aromatic carbocycles. The SMILES string of the molecule is CCN(CC)S(=O)(=O)c1ccc(C(=O)OCc2cc(OC)c(OC)cc2C)cc1. The number of ether oxygens (including phenoxy) is 3. The molecular weight excluding hydrogens is 394 g/mol. The van der Waals surface area contributed by atoms with Crippen molar-refractivity contribution in [3.63, 3.8) is 0 Å². The van der Waals surface area contributed by atoms with Crippen LogP contribution in [0.5, 0.6) is 11.5 Å². The average molecular weight is 422 g/mol. The predicted molar refractivity (Wildman–Crippen MR) is 110 cm³/mol. The Labute approximate surface area is 172 Å². The van der Waals surface area contributed by atoms with E-state index in [9.17, 15) is 13.2 Å². The van der Waals surface area contributed by atoms with Gasteiger partial charge in [-0.25, -0.2) is 13.2 Å². The van der Waals surface area contributed by atoms with E-state index in [0.717, 1.165) is 11.1 Å². The third-order valence-electron chi connectivity index (χ3n) is 4.63. The van der Waals surface area contributed by atoms with Gasteiger partial charge in [0.2, 0.25) is 10.0 Å². The second-order valence-electron chi connectivity index (χ2n) is 6.32. The van der Waals surface area contributed by atoms with Crippen molar-refractivity contribution < 1.29 is 27.4 Å². The van der Waals surface area contributed by atoms with Gasteiger partial charge in [-0.15, -0.1) is 0 Å². The number of hydrogen-bond acceptors (Lipinski definition) is 6.